The van der Waals surface area contributed by atoms with Crippen molar-refractivity contribution in [3.8, 4) is 17.1 Å². The number of hydrogen-bond donors (Lipinski definition) is 0. The van der Waals surface area contributed by atoms with Gasteiger partial charge in [0.25, 0.3) is 5.56 Å². The van der Waals surface area contributed by atoms with E-state index in [1.165, 1.54) is 15.9 Å². The van der Waals surface area contributed by atoms with Crippen molar-refractivity contribution in [2.75, 3.05) is 7.11 Å². The number of para-hydroxylation sites is 1. The topological polar surface area (TPSA) is 56.5 Å². The van der Waals surface area contributed by atoms with Gasteiger partial charge in [-0.15, -0.1) is 5.10 Å². The van der Waals surface area contributed by atoms with Crippen molar-refractivity contribution in [2.24, 2.45) is 0 Å². The Kier molecular flexibility index (Phi) is 3.59. The van der Waals surface area contributed by atoms with E-state index in [9.17, 15) is 4.79 Å². The summed E-state index contributed by atoms with van der Waals surface area (Å²) in [6.45, 7) is 0. The van der Waals surface area contributed by atoms with Gasteiger partial charge in [-0.3, -0.25) is 4.79 Å². The first-order chi connectivity index (χ1) is 11.8. The van der Waals surface area contributed by atoms with Crippen LogP contribution in [0, 0.1) is 0 Å². The van der Waals surface area contributed by atoms with E-state index in [1.54, 1.807) is 7.11 Å². The molecule has 0 bridgehead atoms. The Morgan fingerprint density at radius 2 is 1.83 bits per heavy atom. The van der Waals surface area contributed by atoms with Crippen molar-refractivity contribution < 1.29 is 4.74 Å². The number of methoxy groups -OCH3 is 1. The Bertz CT molecular complexity index is 1120. The van der Waals surface area contributed by atoms with Crippen LogP contribution in [0.3, 0.4) is 0 Å². The van der Waals surface area contributed by atoms with Gasteiger partial charge in [0.05, 0.1) is 11.6 Å². The quantitative estimate of drug-likeness (QED) is 0.577. The van der Waals surface area contributed by atoms with Crippen LogP contribution >= 0.6 is 11.3 Å². The number of benzene rings is 2. The molecule has 2 heterocycles. The second-order valence-corrected chi connectivity index (χ2v) is 6.16. The first-order valence-electron chi connectivity index (χ1n) is 7.36. The highest BCUT2D eigenvalue weighted by Crippen LogP contribution is 2.18. The third kappa shape index (κ3) is 2.47. The Morgan fingerprint density at radius 3 is 2.58 bits per heavy atom. The molecule has 2 aromatic carbocycles. The molecule has 5 nitrogen and oxygen atoms in total. The molecule has 0 spiro atoms. The van der Waals surface area contributed by atoms with Crippen molar-refractivity contribution in [3.05, 3.63) is 75.0 Å². The van der Waals surface area contributed by atoms with Gasteiger partial charge in [0.2, 0.25) is 4.96 Å². The molecule has 0 amide bonds. The average molecular weight is 335 g/mol. The molecular weight excluding hydrogens is 322 g/mol. The van der Waals surface area contributed by atoms with Gasteiger partial charge in [0.15, 0.2) is 5.82 Å². The van der Waals surface area contributed by atoms with E-state index < -0.39 is 0 Å². The summed E-state index contributed by atoms with van der Waals surface area (Å²) >= 11 is 1.32. The molecule has 0 unspecified atom stereocenters. The Labute approximate surface area is 141 Å². The fourth-order valence-electron chi connectivity index (χ4n) is 2.47. The smallest absolute Gasteiger partial charge is 0.291 e. The number of thiazole rings is 1. The molecule has 0 aliphatic carbocycles. The molecule has 24 heavy (non-hydrogen) atoms. The summed E-state index contributed by atoms with van der Waals surface area (Å²) in [6, 6.07) is 17.2. The average Bonchev–Trinajstić information content (AvgIpc) is 3.16. The van der Waals surface area contributed by atoms with Crippen molar-refractivity contribution in [1.29, 1.82) is 0 Å². The number of hydrogen-bond acceptors (Lipinski definition) is 5. The molecule has 0 atom stereocenters. The molecule has 0 fully saturated rings. The van der Waals surface area contributed by atoms with Crippen LogP contribution in [-0.2, 0) is 0 Å². The minimum atomic E-state index is -0.171. The van der Waals surface area contributed by atoms with Crippen molar-refractivity contribution in [1.82, 2.24) is 14.6 Å². The van der Waals surface area contributed by atoms with Crippen LogP contribution in [0.15, 0.2) is 59.4 Å². The lowest BCUT2D eigenvalue weighted by Gasteiger charge is -2.02. The first kappa shape index (κ1) is 14.6. The van der Waals surface area contributed by atoms with Crippen LogP contribution in [-0.4, -0.2) is 21.7 Å². The predicted molar refractivity (Wildman–Crippen MR) is 94.3 cm³/mol. The molecule has 0 saturated heterocycles. The van der Waals surface area contributed by atoms with Crippen molar-refractivity contribution in [2.45, 2.75) is 0 Å². The van der Waals surface area contributed by atoms with E-state index in [2.05, 4.69) is 10.1 Å². The molecule has 0 radical (unpaired) electrons. The maximum Gasteiger partial charge on any atom is 0.291 e. The highest BCUT2D eigenvalue weighted by molar-refractivity contribution is 7.15. The number of fused-ring (bicyclic) bond motifs is 1. The van der Waals surface area contributed by atoms with Crippen LogP contribution in [0.4, 0.5) is 0 Å². The molecule has 0 saturated carbocycles. The van der Waals surface area contributed by atoms with Crippen LogP contribution in [0.5, 0.6) is 5.75 Å². The number of aromatic nitrogens is 3. The van der Waals surface area contributed by atoms with Gasteiger partial charge in [-0.05, 0) is 12.1 Å². The number of ether oxygens (including phenoxy) is 1. The highest BCUT2D eigenvalue weighted by atomic mass is 32.1. The second-order valence-electron chi connectivity index (χ2n) is 5.15. The Hall–Kier alpha value is -2.99. The van der Waals surface area contributed by atoms with Gasteiger partial charge in [-0.1, -0.05) is 59.9 Å². The van der Waals surface area contributed by atoms with Gasteiger partial charge in [-0.25, -0.2) is 0 Å². The van der Waals surface area contributed by atoms with Gasteiger partial charge in [0, 0.05) is 11.1 Å². The zero-order valence-electron chi connectivity index (χ0n) is 12.8. The van der Waals surface area contributed by atoms with E-state index in [0.29, 0.717) is 15.3 Å². The van der Waals surface area contributed by atoms with Gasteiger partial charge in [-0.2, -0.15) is 9.50 Å². The normalized spacial score (nSPS) is 12.0. The monoisotopic (exact) mass is 335 g/mol. The second kappa shape index (κ2) is 5.90. The highest BCUT2D eigenvalue weighted by Gasteiger charge is 2.12. The fourth-order valence-corrected chi connectivity index (χ4v) is 3.37. The molecule has 4 aromatic rings. The summed E-state index contributed by atoms with van der Waals surface area (Å²) in [7, 11) is 1.61. The van der Waals surface area contributed by atoms with E-state index in [-0.39, 0.29) is 5.56 Å². The SMILES string of the molecule is COc1ccccc1C=c1sc2nc(-c3ccccc3)nn2c1=O. The minimum Gasteiger partial charge on any atom is -0.496 e. The first-order valence-corrected chi connectivity index (χ1v) is 8.17. The van der Waals surface area contributed by atoms with E-state index in [0.717, 1.165) is 16.9 Å². The number of rotatable bonds is 3. The molecule has 0 N–H and O–H groups in total. The summed E-state index contributed by atoms with van der Waals surface area (Å²) in [5, 5.41) is 4.34. The molecule has 118 valence electrons. The summed E-state index contributed by atoms with van der Waals surface area (Å²) in [5.74, 6) is 1.28. The Balaban J connectivity index is 1.85. The molecule has 6 heteroatoms. The van der Waals surface area contributed by atoms with E-state index in [4.69, 9.17) is 4.74 Å². The number of nitrogens with zero attached hydrogens (tertiary/aromatic N) is 3. The Morgan fingerprint density at radius 1 is 1.08 bits per heavy atom. The molecule has 4 rings (SSSR count). The molecular formula is C18H13N3O2S. The third-order valence-electron chi connectivity index (χ3n) is 3.64. The maximum absolute atomic E-state index is 12.6. The summed E-state index contributed by atoms with van der Waals surface area (Å²) < 4.78 is 7.26. The standard InChI is InChI=1S/C18H13N3O2S/c1-23-14-10-6-5-9-13(14)11-15-17(22)21-18(24-15)19-16(20-21)12-7-3-2-4-8-12/h2-11H,1H3. The van der Waals surface area contributed by atoms with Crippen LogP contribution < -0.4 is 14.8 Å². The van der Waals surface area contributed by atoms with Gasteiger partial charge >= 0.3 is 0 Å². The zero-order chi connectivity index (χ0) is 16.5. The van der Waals surface area contributed by atoms with Crippen LogP contribution in [0.25, 0.3) is 22.4 Å². The molecule has 2 aromatic heterocycles. The largest absolute Gasteiger partial charge is 0.496 e. The maximum atomic E-state index is 12.6. The van der Waals surface area contributed by atoms with Crippen LogP contribution in [0.2, 0.25) is 0 Å². The predicted octanol–water partition coefficient (Wildman–Crippen LogP) is 2.37. The lowest BCUT2D eigenvalue weighted by molar-refractivity contribution is 0.414. The van der Waals surface area contributed by atoms with E-state index >= 15 is 0 Å². The molecule has 0 aliphatic rings. The van der Waals surface area contributed by atoms with Crippen molar-refractivity contribution >= 4 is 22.4 Å². The summed E-state index contributed by atoms with van der Waals surface area (Å²) in [5.41, 5.74) is 1.57. The van der Waals surface area contributed by atoms with Crippen molar-refractivity contribution in [3.63, 3.8) is 0 Å². The van der Waals surface area contributed by atoms with Crippen LogP contribution in [0.1, 0.15) is 5.56 Å². The third-order valence-corrected chi connectivity index (χ3v) is 4.60. The lowest BCUT2D eigenvalue weighted by Crippen LogP contribution is -2.23. The minimum absolute atomic E-state index is 0.171. The lowest BCUT2D eigenvalue weighted by atomic mass is 10.2. The summed E-state index contributed by atoms with van der Waals surface area (Å²) in [4.78, 5) is 17.6. The fraction of sp³-hybridized carbons (Fsp3) is 0.0556. The van der Waals surface area contributed by atoms with Gasteiger partial charge < -0.3 is 4.74 Å². The van der Waals surface area contributed by atoms with E-state index in [1.807, 2.05) is 60.7 Å². The summed E-state index contributed by atoms with van der Waals surface area (Å²) in [6.07, 6.45) is 1.81. The molecule has 0 aliphatic heterocycles. The zero-order valence-corrected chi connectivity index (χ0v) is 13.7. The van der Waals surface area contributed by atoms with Gasteiger partial charge in [0.1, 0.15) is 5.75 Å².